The van der Waals surface area contributed by atoms with E-state index >= 15 is 0 Å². The smallest absolute Gasteiger partial charge is 0.218 e. The summed E-state index contributed by atoms with van der Waals surface area (Å²) in [6, 6.07) is 9.95. The highest BCUT2D eigenvalue weighted by Crippen LogP contribution is 2.17. The minimum Gasteiger partial charge on any atom is -0.477 e. The molecule has 136 valence electrons. The van der Waals surface area contributed by atoms with Gasteiger partial charge in [-0.05, 0) is 49.6 Å². The molecule has 0 radical (unpaired) electrons. The second-order valence-electron chi connectivity index (χ2n) is 5.80. The quantitative estimate of drug-likeness (QED) is 0.281. The van der Waals surface area contributed by atoms with Crippen molar-refractivity contribution in [2.45, 2.75) is 40.2 Å². The van der Waals surface area contributed by atoms with Crippen LogP contribution in [0.5, 0.6) is 5.88 Å². The van der Waals surface area contributed by atoms with Crippen LogP contribution in [0, 0.1) is 13.8 Å². The summed E-state index contributed by atoms with van der Waals surface area (Å²) in [7, 11) is 0. The van der Waals surface area contributed by atoms with Crippen molar-refractivity contribution in [3.63, 3.8) is 0 Å². The first-order chi connectivity index (χ1) is 11.6. The van der Waals surface area contributed by atoms with E-state index in [9.17, 15) is 0 Å². The third-order valence-corrected chi connectivity index (χ3v) is 3.79. The van der Waals surface area contributed by atoms with Crippen LogP contribution in [0.15, 0.2) is 41.5 Å². The highest BCUT2D eigenvalue weighted by Gasteiger charge is 2.04. The van der Waals surface area contributed by atoms with E-state index in [1.54, 1.807) is 6.20 Å². The van der Waals surface area contributed by atoms with Crippen LogP contribution in [0.1, 0.15) is 36.5 Å². The Morgan fingerprint density at radius 2 is 2.04 bits per heavy atom. The van der Waals surface area contributed by atoms with Gasteiger partial charge in [-0.3, -0.25) is 0 Å². The van der Waals surface area contributed by atoms with E-state index in [-0.39, 0.29) is 24.0 Å². The third kappa shape index (κ3) is 6.89. The third-order valence-electron chi connectivity index (χ3n) is 3.79. The van der Waals surface area contributed by atoms with Crippen LogP contribution in [0.25, 0.3) is 0 Å². The number of aryl methyl sites for hydroxylation is 2. The van der Waals surface area contributed by atoms with Gasteiger partial charge in [0.2, 0.25) is 5.88 Å². The SMILES string of the molecule is CCCCOc1ncccc1CN=C(N)Nc1ccc(C)c(C)c1.I. The molecule has 1 heterocycles. The average Bonchev–Trinajstić information content (AvgIpc) is 2.57. The van der Waals surface area contributed by atoms with E-state index in [0.29, 0.717) is 25.0 Å². The summed E-state index contributed by atoms with van der Waals surface area (Å²) in [5.74, 6) is 1.01. The molecule has 0 bridgehead atoms. The van der Waals surface area contributed by atoms with Crippen LogP contribution in [-0.4, -0.2) is 17.6 Å². The zero-order valence-electron chi connectivity index (χ0n) is 15.1. The van der Waals surface area contributed by atoms with Crippen LogP contribution >= 0.6 is 24.0 Å². The fraction of sp³-hybridized carbons (Fsp3) is 0.368. The predicted octanol–water partition coefficient (Wildman–Crippen LogP) is 4.42. The largest absolute Gasteiger partial charge is 0.477 e. The number of ether oxygens (including phenoxy) is 1. The number of hydrogen-bond acceptors (Lipinski definition) is 3. The molecule has 25 heavy (non-hydrogen) atoms. The fourth-order valence-corrected chi connectivity index (χ4v) is 2.16. The second kappa shape index (κ2) is 10.9. The van der Waals surface area contributed by atoms with E-state index in [1.165, 1.54) is 11.1 Å². The van der Waals surface area contributed by atoms with Gasteiger partial charge in [0.1, 0.15) is 0 Å². The van der Waals surface area contributed by atoms with Gasteiger partial charge in [0.05, 0.1) is 13.2 Å². The lowest BCUT2D eigenvalue weighted by molar-refractivity contribution is 0.294. The Morgan fingerprint density at radius 1 is 1.24 bits per heavy atom. The summed E-state index contributed by atoms with van der Waals surface area (Å²) in [5.41, 5.74) is 10.3. The summed E-state index contributed by atoms with van der Waals surface area (Å²) in [6.07, 6.45) is 3.83. The number of hydrogen-bond donors (Lipinski definition) is 2. The highest BCUT2D eigenvalue weighted by atomic mass is 127. The molecule has 0 aliphatic heterocycles. The van der Waals surface area contributed by atoms with Crippen LogP contribution in [0.3, 0.4) is 0 Å². The number of unbranched alkanes of at least 4 members (excludes halogenated alkanes) is 1. The topological polar surface area (TPSA) is 72.5 Å². The number of aromatic nitrogens is 1. The number of guanidine groups is 1. The Balaban J connectivity index is 0.00000312. The van der Waals surface area contributed by atoms with Gasteiger partial charge >= 0.3 is 0 Å². The van der Waals surface area contributed by atoms with E-state index in [2.05, 4.69) is 48.2 Å². The molecule has 1 aromatic carbocycles. The molecule has 5 nitrogen and oxygen atoms in total. The Morgan fingerprint density at radius 3 is 2.76 bits per heavy atom. The molecule has 6 heteroatoms. The lowest BCUT2D eigenvalue weighted by atomic mass is 10.1. The van der Waals surface area contributed by atoms with Gasteiger partial charge in [-0.15, -0.1) is 24.0 Å². The van der Waals surface area contributed by atoms with Crippen LogP contribution in [0.2, 0.25) is 0 Å². The molecule has 1 aromatic heterocycles. The summed E-state index contributed by atoms with van der Waals surface area (Å²) in [6.45, 7) is 7.38. The number of halogens is 1. The normalized spacial score (nSPS) is 10.9. The van der Waals surface area contributed by atoms with Crippen molar-refractivity contribution in [1.82, 2.24) is 4.98 Å². The van der Waals surface area contributed by atoms with E-state index < -0.39 is 0 Å². The fourth-order valence-electron chi connectivity index (χ4n) is 2.16. The molecular formula is C19H27IN4O. The second-order valence-corrected chi connectivity index (χ2v) is 5.80. The van der Waals surface area contributed by atoms with Gasteiger partial charge in [0.15, 0.2) is 5.96 Å². The van der Waals surface area contributed by atoms with Crippen molar-refractivity contribution < 1.29 is 4.74 Å². The first kappa shape index (κ1) is 21.2. The number of nitrogens with two attached hydrogens (primary N) is 1. The Bertz CT molecular complexity index is 704. The van der Waals surface area contributed by atoms with Gasteiger partial charge in [0.25, 0.3) is 0 Å². The lowest BCUT2D eigenvalue weighted by Crippen LogP contribution is -2.22. The Kier molecular flexibility index (Phi) is 9.26. The van der Waals surface area contributed by atoms with Gasteiger partial charge in [-0.2, -0.15) is 0 Å². The standard InChI is InChI=1S/C19H26N4O.HI/c1-4-5-11-24-18-16(7-6-10-21-18)13-22-19(20)23-17-9-8-14(2)15(3)12-17;/h6-10,12H,4-5,11,13H2,1-3H3,(H3,20,22,23);1H. The maximum atomic E-state index is 5.99. The number of aliphatic imine (C=N–C) groups is 1. The first-order valence-electron chi connectivity index (χ1n) is 8.31. The molecule has 2 aromatic rings. The van der Waals surface area contributed by atoms with Gasteiger partial charge in [-0.1, -0.05) is 25.5 Å². The minimum absolute atomic E-state index is 0. The zero-order valence-corrected chi connectivity index (χ0v) is 17.4. The number of pyridine rings is 1. The van der Waals surface area contributed by atoms with Gasteiger partial charge in [-0.25, -0.2) is 9.98 Å². The molecule has 2 rings (SSSR count). The van der Waals surface area contributed by atoms with Crippen molar-refractivity contribution >= 4 is 35.6 Å². The molecule has 0 saturated carbocycles. The molecule has 0 unspecified atom stereocenters. The maximum absolute atomic E-state index is 5.99. The molecule has 0 atom stereocenters. The number of benzene rings is 1. The molecule has 0 saturated heterocycles. The molecule has 0 spiro atoms. The van der Waals surface area contributed by atoms with Crippen LogP contribution in [0.4, 0.5) is 5.69 Å². The van der Waals surface area contributed by atoms with E-state index in [4.69, 9.17) is 10.5 Å². The van der Waals surface area contributed by atoms with E-state index in [0.717, 1.165) is 24.1 Å². The predicted molar refractivity (Wildman–Crippen MR) is 115 cm³/mol. The van der Waals surface area contributed by atoms with Crippen molar-refractivity contribution in [2.24, 2.45) is 10.7 Å². The zero-order chi connectivity index (χ0) is 17.4. The monoisotopic (exact) mass is 454 g/mol. The maximum Gasteiger partial charge on any atom is 0.218 e. The van der Waals surface area contributed by atoms with Crippen molar-refractivity contribution in [3.8, 4) is 5.88 Å². The number of nitrogens with one attached hydrogen (secondary N) is 1. The molecule has 0 aliphatic rings. The summed E-state index contributed by atoms with van der Waals surface area (Å²) < 4.78 is 5.72. The number of rotatable bonds is 7. The van der Waals surface area contributed by atoms with Crippen LogP contribution < -0.4 is 15.8 Å². The van der Waals surface area contributed by atoms with Crippen molar-refractivity contribution in [2.75, 3.05) is 11.9 Å². The molecule has 3 N–H and O–H groups in total. The minimum atomic E-state index is 0. The first-order valence-corrected chi connectivity index (χ1v) is 8.31. The lowest BCUT2D eigenvalue weighted by Gasteiger charge is -2.10. The average molecular weight is 454 g/mol. The summed E-state index contributed by atoms with van der Waals surface area (Å²) in [4.78, 5) is 8.68. The number of nitrogens with zero attached hydrogens (tertiary/aromatic N) is 2. The highest BCUT2D eigenvalue weighted by molar-refractivity contribution is 14.0. The Labute approximate surface area is 167 Å². The molecule has 0 amide bonds. The van der Waals surface area contributed by atoms with Crippen molar-refractivity contribution in [1.29, 1.82) is 0 Å². The molecule has 0 aliphatic carbocycles. The van der Waals surface area contributed by atoms with Crippen molar-refractivity contribution in [3.05, 3.63) is 53.2 Å². The molecule has 0 fully saturated rings. The molecular weight excluding hydrogens is 427 g/mol. The Hall–Kier alpha value is -1.83. The van der Waals surface area contributed by atoms with Gasteiger partial charge < -0.3 is 15.8 Å². The summed E-state index contributed by atoms with van der Waals surface area (Å²) in [5, 5.41) is 3.12. The van der Waals surface area contributed by atoms with Crippen LogP contribution in [-0.2, 0) is 6.54 Å². The van der Waals surface area contributed by atoms with E-state index in [1.807, 2.05) is 18.2 Å². The summed E-state index contributed by atoms with van der Waals surface area (Å²) >= 11 is 0. The van der Waals surface area contributed by atoms with Gasteiger partial charge in [0, 0.05) is 17.4 Å². The number of anilines is 1.